The molecule has 4 aromatic rings. The minimum Gasteiger partial charge on any atom is -0.437 e. The third-order valence-corrected chi connectivity index (χ3v) is 6.75. The fraction of sp³-hybridized carbons (Fsp3) is 0.231. The van der Waals surface area contributed by atoms with E-state index >= 15 is 0 Å². The number of aromatic nitrogens is 3. The summed E-state index contributed by atoms with van der Waals surface area (Å²) in [6, 6.07) is 9.41. The molecule has 3 aromatic heterocycles. The Bertz CT molecular complexity index is 1470. The first-order valence-electron chi connectivity index (χ1n) is 11.5. The summed E-state index contributed by atoms with van der Waals surface area (Å²) in [6.45, 7) is 6.67. The highest BCUT2D eigenvalue weighted by Crippen LogP contribution is 2.32. The van der Waals surface area contributed by atoms with Gasteiger partial charge < -0.3 is 15.4 Å². The van der Waals surface area contributed by atoms with Gasteiger partial charge in [0.1, 0.15) is 11.4 Å². The van der Waals surface area contributed by atoms with Crippen LogP contribution >= 0.6 is 46.1 Å². The molecule has 1 aromatic carbocycles. The molecule has 0 aliphatic heterocycles. The van der Waals surface area contributed by atoms with Crippen molar-refractivity contribution >= 4 is 63.6 Å². The summed E-state index contributed by atoms with van der Waals surface area (Å²) in [5.41, 5.74) is 0.321. The second-order valence-electron chi connectivity index (χ2n) is 9.48. The van der Waals surface area contributed by atoms with E-state index in [1.165, 1.54) is 40.4 Å². The Hall–Kier alpha value is -3.11. The molecule has 0 aliphatic carbocycles. The quantitative estimate of drug-likeness (QED) is 0.221. The van der Waals surface area contributed by atoms with Crippen LogP contribution in [0.25, 0.3) is 5.82 Å². The van der Waals surface area contributed by atoms with Crippen molar-refractivity contribution in [3.63, 3.8) is 0 Å². The largest absolute Gasteiger partial charge is 0.437 e. The second-order valence-corrected chi connectivity index (χ2v) is 11.5. The summed E-state index contributed by atoms with van der Waals surface area (Å²) in [5.74, 6) is -0.0998. The average molecular weight is 593 g/mol. The first-order chi connectivity index (χ1) is 18.0. The fourth-order valence-corrected chi connectivity index (χ4v) is 4.69. The zero-order valence-corrected chi connectivity index (χ0v) is 23.8. The maximum atomic E-state index is 13.6. The summed E-state index contributed by atoms with van der Waals surface area (Å²) in [4.78, 5) is 30.9. The minimum absolute atomic E-state index is 0.0320. The van der Waals surface area contributed by atoms with Crippen molar-refractivity contribution in [3.05, 3.63) is 79.7 Å². The van der Waals surface area contributed by atoms with Crippen molar-refractivity contribution in [1.82, 2.24) is 20.1 Å². The van der Waals surface area contributed by atoms with Gasteiger partial charge in [0.05, 0.1) is 21.3 Å². The fourth-order valence-electron chi connectivity index (χ4n) is 3.40. The zero-order chi connectivity index (χ0) is 27.4. The van der Waals surface area contributed by atoms with Gasteiger partial charge in [0.2, 0.25) is 5.88 Å². The van der Waals surface area contributed by atoms with Crippen molar-refractivity contribution in [2.45, 2.75) is 27.2 Å². The van der Waals surface area contributed by atoms with Crippen LogP contribution in [0.1, 0.15) is 48.0 Å². The summed E-state index contributed by atoms with van der Waals surface area (Å²) in [7, 11) is 0. The molecule has 0 unspecified atom stereocenters. The lowest BCUT2D eigenvalue weighted by Crippen LogP contribution is -2.28. The van der Waals surface area contributed by atoms with E-state index in [1.807, 2.05) is 5.38 Å². The number of thiophene rings is 1. The van der Waals surface area contributed by atoms with Gasteiger partial charge in [-0.15, -0.1) is 16.4 Å². The maximum absolute atomic E-state index is 13.6. The van der Waals surface area contributed by atoms with E-state index < -0.39 is 11.8 Å². The SMILES string of the molecule is CC(C)(C)CCNC(=O)c1cc(Cl)cc(Cl)c1NC(=O)c1cc(Oc2ccsc2)nn1-c1ncccc1Cl. The van der Waals surface area contributed by atoms with Crippen LogP contribution in [0.15, 0.2) is 53.4 Å². The minimum atomic E-state index is -0.618. The molecule has 4 rings (SSSR count). The Balaban J connectivity index is 1.68. The molecule has 0 fully saturated rings. The molecule has 38 heavy (non-hydrogen) atoms. The number of carbonyl (C=O) groups is 2. The van der Waals surface area contributed by atoms with Crippen molar-refractivity contribution in [1.29, 1.82) is 0 Å². The van der Waals surface area contributed by atoms with Crippen molar-refractivity contribution < 1.29 is 14.3 Å². The van der Waals surface area contributed by atoms with Gasteiger partial charge in [-0.2, -0.15) is 0 Å². The number of hydrogen-bond acceptors (Lipinski definition) is 6. The summed E-state index contributed by atoms with van der Waals surface area (Å²) >= 11 is 20.4. The van der Waals surface area contributed by atoms with Gasteiger partial charge in [-0.05, 0) is 47.5 Å². The molecule has 0 saturated heterocycles. The molecule has 0 aliphatic rings. The predicted molar refractivity (Wildman–Crippen MR) is 152 cm³/mol. The van der Waals surface area contributed by atoms with Crippen molar-refractivity contribution in [2.24, 2.45) is 5.41 Å². The van der Waals surface area contributed by atoms with Crippen LogP contribution in [0.5, 0.6) is 11.6 Å². The van der Waals surface area contributed by atoms with Crippen molar-refractivity contribution in [3.8, 4) is 17.4 Å². The monoisotopic (exact) mass is 591 g/mol. The second kappa shape index (κ2) is 11.7. The van der Waals surface area contributed by atoms with E-state index in [4.69, 9.17) is 39.5 Å². The van der Waals surface area contributed by atoms with Gasteiger partial charge in [0, 0.05) is 29.2 Å². The Labute approximate surface area is 238 Å². The Kier molecular flexibility index (Phi) is 8.62. The standard InChI is InChI=1S/C26H24Cl3N5O3S/c1-26(2,3)7-9-31-24(35)17-11-15(27)12-19(29)22(17)32-25(36)20-13-21(37-16-6-10-38-14-16)33-34(20)23-18(28)5-4-8-30-23/h4-6,8,10-14H,7,9H2,1-3H3,(H,31,35)(H,32,36). The van der Waals surface area contributed by atoms with E-state index in [9.17, 15) is 9.59 Å². The zero-order valence-electron chi connectivity index (χ0n) is 20.7. The van der Waals surface area contributed by atoms with Gasteiger partial charge in [-0.3, -0.25) is 9.59 Å². The van der Waals surface area contributed by atoms with E-state index in [-0.39, 0.29) is 49.1 Å². The van der Waals surface area contributed by atoms with Crippen LogP contribution in [0.2, 0.25) is 15.1 Å². The number of pyridine rings is 1. The smallest absolute Gasteiger partial charge is 0.274 e. The van der Waals surface area contributed by atoms with E-state index in [0.717, 1.165) is 6.42 Å². The molecule has 0 radical (unpaired) electrons. The number of hydrogen-bond donors (Lipinski definition) is 2. The summed E-state index contributed by atoms with van der Waals surface area (Å²) in [5, 5.41) is 14.3. The molecule has 0 spiro atoms. The molecule has 2 N–H and O–H groups in total. The van der Waals surface area contributed by atoms with Gasteiger partial charge in [0.25, 0.3) is 11.8 Å². The number of carbonyl (C=O) groups excluding carboxylic acids is 2. The third kappa shape index (κ3) is 6.85. The van der Waals surface area contributed by atoms with Crippen LogP contribution in [0.3, 0.4) is 0 Å². The summed E-state index contributed by atoms with van der Waals surface area (Å²) in [6.07, 6.45) is 2.28. The molecule has 2 amide bonds. The molecule has 0 atom stereocenters. The maximum Gasteiger partial charge on any atom is 0.274 e. The lowest BCUT2D eigenvalue weighted by molar-refractivity contribution is 0.0950. The van der Waals surface area contributed by atoms with Gasteiger partial charge in [0.15, 0.2) is 5.82 Å². The first-order valence-corrected chi connectivity index (χ1v) is 13.6. The van der Waals surface area contributed by atoms with Crippen LogP contribution < -0.4 is 15.4 Å². The number of nitrogens with zero attached hydrogens (tertiary/aromatic N) is 3. The van der Waals surface area contributed by atoms with E-state index in [2.05, 4.69) is 41.5 Å². The molecule has 8 nitrogen and oxygen atoms in total. The number of nitrogens with one attached hydrogen (secondary N) is 2. The molecule has 0 saturated carbocycles. The Morgan fingerprint density at radius 3 is 2.55 bits per heavy atom. The molecule has 198 valence electrons. The normalized spacial score (nSPS) is 11.3. The van der Waals surface area contributed by atoms with Crippen molar-refractivity contribution in [2.75, 3.05) is 11.9 Å². The lowest BCUT2D eigenvalue weighted by Gasteiger charge is -2.19. The highest BCUT2D eigenvalue weighted by Gasteiger charge is 2.24. The third-order valence-electron chi connectivity index (χ3n) is 5.28. The highest BCUT2D eigenvalue weighted by atomic mass is 35.5. The van der Waals surface area contributed by atoms with Crippen LogP contribution in [0.4, 0.5) is 5.69 Å². The van der Waals surface area contributed by atoms with Gasteiger partial charge >= 0.3 is 0 Å². The lowest BCUT2D eigenvalue weighted by atomic mass is 9.92. The molecule has 12 heteroatoms. The Morgan fingerprint density at radius 2 is 1.87 bits per heavy atom. The summed E-state index contributed by atoms with van der Waals surface area (Å²) < 4.78 is 7.06. The predicted octanol–water partition coefficient (Wildman–Crippen LogP) is 7.50. The molecule has 0 bridgehead atoms. The number of ether oxygens (including phenoxy) is 1. The van der Waals surface area contributed by atoms with Gasteiger partial charge in [-0.25, -0.2) is 9.67 Å². The number of benzene rings is 1. The van der Waals surface area contributed by atoms with E-state index in [0.29, 0.717) is 12.3 Å². The number of anilines is 1. The van der Waals surface area contributed by atoms with Gasteiger partial charge in [-0.1, -0.05) is 55.6 Å². The van der Waals surface area contributed by atoms with Crippen LogP contribution in [-0.4, -0.2) is 33.1 Å². The number of rotatable bonds is 8. The van der Waals surface area contributed by atoms with Crippen LogP contribution in [0, 0.1) is 5.41 Å². The highest BCUT2D eigenvalue weighted by molar-refractivity contribution is 7.08. The molecular weight excluding hydrogens is 569 g/mol. The van der Waals surface area contributed by atoms with Crippen LogP contribution in [-0.2, 0) is 0 Å². The first kappa shape index (κ1) is 27.9. The Morgan fingerprint density at radius 1 is 1.08 bits per heavy atom. The van der Waals surface area contributed by atoms with E-state index in [1.54, 1.807) is 23.6 Å². The number of amides is 2. The topological polar surface area (TPSA) is 98.1 Å². The average Bonchev–Trinajstić information content (AvgIpc) is 3.50. The molecule has 3 heterocycles. The number of halogens is 3. The molecular formula is C26H24Cl3N5O3S.